The molecule has 3 N–H and O–H groups in total. The highest BCUT2D eigenvalue weighted by Crippen LogP contribution is 2.34. The second-order valence-electron chi connectivity index (χ2n) is 10.5. The number of hydrogen-bond acceptors (Lipinski definition) is 8. The number of aromatic nitrogens is 3. The number of thiazole rings is 1. The van der Waals surface area contributed by atoms with Gasteiger partial charge in [0.15, 0.2) is 12.2 Å². The Bertz CT molecular complexity index is 1620. The van der Waals surface area contributed by atoms with E-state index in [-0.39, 0.29) is 24.6 Å². The fourth-order valence-corrected chi connectivity index (χ4v) is 5.94. The number of nitrogens with one attached hydrogen (secondary N) is 1. The van der Waals surface area contributed by atoms with Crippen LogP contribution in [0.4, 0.5) is 18.9 Å². The fourth-order valence-electron chi connectivity index (χ4n) is 5.22. The number of nitrogens with zero attached hydrogens (tertiary/aromatic N) is 5. The number of carbonyl (C=O) groups excluding carboxylic acids is 2. The van der Waals surface area contributed by atoms with Crippen molar-refractivity contribution in [2.45, 2.75) is 50.4 Å². The van der Waals surface area contributed by atoms with Crippen molar-refractivity contribution in [2.75, 3.05) is 25.5 Å². The Morgan fingerprint density at radius 3 is 2.63 bits per heavy atom. The van der Waals surface area contributed by atoms with Gasteiger partial charge < -0.3 is 29.9 Å². The Kier molecular flexibility index (Phi) is 8.71. The molecule has 2 aromatic heterocycles. The summed E-state index contributed by atoms with van der Waals surface area (Å²) in [7, 11) is 3.82. The lowest BCUT2D eigenvalue weighted by Crippen LogP contribution is -2.50. The zero-order chi connectivity index (χ0) is 30.9. The summed E-state index contributed by atoms with van der Waals surface area (Å²) >= 11 is 1.12. The molecule has 43 heavy (non-hydrogen) atoms. The molecular formula is C29H31F3N6O4S. The number of fused-ring (bicyclic) bond motifs is 1. The molecule has 1 fully saturated rings. The normalized spacial score (nSPS) is 16.8. The molecule has 3 heterocycles. The molecule has 10 nitrogen and oxygen atoms in total. The standard InChI is InChI=1S/C29H31F3N6O4S/c1-36(2)19-8-5-7-17(13-19)21-11-6-12-37(21)27(42)25(40)24(39)26(41)33-14-23-34-18(16-43-23)15-38-22-10-4-3-9-20(22)35-28(38)29(30,31)32/h3-5,7-10,13,16,21,24-25,39-40H,6,11-12,14-15H2,1-2H3,(H,33,41)/t21?,24-,25-/m1/s1. The van der Waals surface area contributed by atoms with Gasteiger partial charge in [-0.2, -0.15) is 13.2 Å². The van der Waals surface area contributed by atoms with Crippen LogP contribution in [0.25, 0.3) is 11.0 Å². The number of amides is 2. The molecule has 0 spiro atoms. The van der Waals surface area contributed by atoms with Gasteiger partial charge in [0.1, 0.15) is 5.01 Å². The number of likely N-dealkylation sites (tertiary alicyclic amines) is 1. The van der Waals surface area contributed by atoms with E-state index in [0.29, 0.717) is 35.6 Å². The first-order valence-corrected chi connectivity index (χ1v) is 14.5. The van der Waals surface area contributed by atoms with Crippen molar-refractivity contribution in [1.29, 1.82) is 0 Å². The van der Waals surface area contributed by atoms with Crippen molar-refractivity contribution < 1.29 is 33.0 Å². The van der Waals surface area contributed by atoms with Gasteiger partial charge in [-0.05, 0) is 42.7 Å². The fraction of sp³-hybridized carbons (Fsp3) is 0.379. The van der Waals surface area contributed by atoms with E-state index in [9.17, 15) is 33.0 Å². The molecule has 1 unspecified atom stereocenters. The van der Waals surface area contributed by atoms with Gasteiger partial charge in [0.25, 0.3) is 11.8 Å². The van der Waals surface area contributed by atoms with Gasteiger partial charge in [-0.25, -0.2) is 9.97 Å². The van der Waals surface area contributed by atoms with E-state index in [4.69, 9.17) is 0 Å². The summed E-state index contributed by atoms with van der Waals surface area (Å²) in [5.74, 6) is -2.75. The maximum Gasteiger partial charge on any atom is 0.449 e. The van der Waals surface area contributed by atoms with E-state index in [2.05, 4.69) is 15.3 Å². The minimum Gasteiger partial charge on any atom is -0.380 e. The monoisotopic (exact) mass is 616 g/mol. The topological polar surface area (TPSA) is 124 Å². The Morgan fingerprint density at radius 1 is 1.12 bits per heavy atom. The molecule has 3 atom stereocenters. The highest BCUT2D eigenvalue weighted by molar-refractivity contribution is 7.09. The van der Waals surface area contributed by atoms with Crippen molar-refractivity contribution in [3.63, 3.8) is 0 Å². The summed E-state index contributed by atoms with van der Waals surface area (Å²) in [5.41, 5.74) is 2.71. The second-order valence-corrected chi connectivity index (χ2v) is 11.5. The molecule has 2 amide bonds. The third kappa shape index (κ3) is 6.50. The van der Waals surface area contributed by atoms with E-state index < -0.39 is 36.0 Å². The van der Waals surface area contributed by atoms with E-state index in [1.165, 1.54) is 11.0 Å². The molecule has 14 heteroatoms. The number of para-hydroxylation sites is 2. The number of aliphatic hydroxyl groups is 2. The van der Waals surface area contributed by atoms with Crippen molar-refractivity contribution >= 4 is 39.9 Å². The first kappa shape index (κ1) is 30.4. The number of imidazole rings is 1. The largest absolute Gasteiger partial charge is 0.449 e. The van der Waals surface area contributed by atoms with Crippen LogP contribution in [0.1, 0.15) is 41.0 Å². The van der Waals surface area contributed by atoms with Gasteiger partial charge in [-0.15, -0.1) is 11.3 Å². The smallest absolute Gasteiger partial charge is 0.380 e. The van der Waals surface area contributed by atoms with Crippen LogP contribution in [-0.2, 0) is 28.9 Å². The number of aliphatic hydroxyl groups excluding tert-OH is 2. The molecule has 5 rings (SSSR count). The Hall–Kier alpha value is -4.01. The van der Waals surface area contributed by atoms with E-state index in [1.807, 2.05) is 43.3 Å². The minimum absolute atomic E-state index is 0.151. The van der Waals surface area contributed by atoms with Gasteiger partial charge in [-0.3, -0.25) is 9.59 Å². The SMILES string of the molecule is CN(C)c1cccc(C2CCCN2C(=O)[C@H](O)[C@@H](O)C(=O)NCc2nc(Cn3c(C(F)(F)F)nc4ccccc43)cs2)c1. The third-order valence-corrected chi connectivity index (χ3v) is 8.27. The van der Waals surface area contributed by atoms with Crippen LogP contribution >= 0.6 is 11.3 Å². The van der Waals surface area contributed by atoms with Gasteiger partial charge in [0.2, 0.25) is 5.82 Å². The van der Waals surface area contributed by atoms with E-state index in [1.54, 1.807) is 23.6 Å². The number of rotatable bonds is 9. The van der Waals surface area contributed by atoms with E-state index in [0.717, 1.165) is 27.2 Å². The highest BCUT2D eigenvalue weighted by Gasteiger charge is 2.39. The van der Waals surface area contributed by atoms with Crippen LogP contribution in [0.3, 0.4) is 0 Å². The Balaban J connectivity index is 1.21. The van der Waals surface area contributed by atoms with Crippen molar-refractivity contribution in [2.24, 2.45) is 0 Å². The van der Waals surface area contributed by atoms with Gasteiger partial charge in [-0.1, -0.05) is 24.3 Å². The van der Waals surface area contributed by atoms with Crippen LogP contribution in [0.15, 0.2) is 53.9 Å². The maximum atomic E-state index is 13.6. The number of carbonyl (C=O) groups is 2. The maximum absolute atomic E-state index is 13.6. The summed E-state index contributed by atoms with van der Waals surface area (Å²) in [5, 5.41) is 25.5. The van der Waals surface area contributed by atoms with E-state index >= 15 is 0 Å². The van der Waals surface area contributed by atoms with Gasteiger partial charge in [0.05, 0.1) is 35.9 Å². The lowest BCUT2D eigenvalue weighted by molar-refractivity contribution is -0.153. The number of alkyl halides is 3. The summed E-state index contributed by atoms with van der Waals surface area (Å²) in [4.78, 5) is 37.3. The highest BCUT2D eigenvalue weighted by atomic mass is 32.1. The van der Waals surface area contributed by atoms with Crippen LogP contribution in [0, 0.1) is 0 Å². The van der Waals surface area contributed by atoms with Crippen molar-refractivity contribution in [3.8, 4) is 0 Å². The third-order valence-electron chi connectivity index (χ3n) is 7.37. The second kappa shape index (κ2) is 12.3. The zero-order valence-corrected chi connectivity index (χ0v) is 24.3. The number of halogens is 3. The first-order chi connectivity index (χ1) is 20.4. The predicted molar refractivity (Wildman–Crippen MR) is 154 cm³/mol. The van der Waals surface area contributed by atoms with Gasteiger partial charge >= 0.3 is 6.18 Å². The average molecular weight is 617 g/mol. The molecule has 0 aliphatic carbocycles. The van der Waals surface area contributed by atoms with Gasteiger partial charge in [0, 0.05) is 31.7 Å². The van der Waals surface area contributed by atoms with Crippen LogP contribution < -0.4 is 10.2 Å². The summed E-state index contributed by atoms with van der Waals surface area (Å²) in [6, 6.07) is 13.7. The number of anilines is 1. The lowest BCUT2D eigenvalue weighted by atomic mass is 10.0. The number of benzene rings is 2. The molecule has 0 radical (unpaired) electrons. The molecule has 0 bridgehead atoms. The molecule has 228 valence electrons. The zero-order valence-electron chi connectivity index (χ0n) is 23.5. The molecule has 1 aliphatic heterocycles. The summed E-state index contributed by atoms with van der Waals surface area (Å²) < 4.78 is 41.9. The predicted octanol–water partition coefficient (Wildman–Crippen LogP) is 3.33. The molecule has 1 saturated heterocycles. The minimum atomic E-state index is -4.66. The Labute approximate surface area is 249 Å². The first-order valence-electron chi connectivity index (χ1n) is 13.6. The molecular weight excluding hydrogens is 585 g/mol. The molecule has 1 aliphatic rings. The molecule has 4 aromatic rings. The number of hydrogen-bond donors (Lipinski definition) is 3. The summed E-state index contributed by atoms with van der Waals surface area (Å²) in [6.45, 7) is 0.0390. The molecule has 0 saturated carbocycles. The summed E-state index contributed by atoms with van der Waals surface area (Å²) in [6.07, 6.45) is -7.26. The average Bonchev–Trinajstić information content (AvgIpc) is 3.74. The van der Waals surface area contributed by atoms with Crippen molar-refractivity contribution in [1.82, 2.24) is 24.8 Å². The van der Waals surface area contributed by atoms with Crippen LogP contribution in [0.5, 0.6) is 0 Å². The quantitative estimate of drug-likeness (QED) is 0.264. The van der Waals surface area contributed by atoms with Crippen molar-refractivity contribution in [3.05, 3.63) is 76.0 Å². The lowest BCUT2D eigenvalue weighted by Gasteiger charge is -2.29. The Morgan fingerprint density at radius 2 is 1.88 bits per heavy atom. The van der Waals surface area contributed by atoms with Crippen LogP contribution in [-0.4, -0.2) is 74.3 Å². The van der Waals surface area contributed by atoms with Crippen LogP contribution in [0.2, 0.25) is 0 Å². The molecule has 2 aromatic carbocycles.